The van der Waals surface area contributed by atoms with Crippen molar-refractivity contribution in [2.45, 2.75) is 57.7 Å². The minimum absolute atomic E-state index is 0. The molecule has 2 aliphatic heterocycles. The minimum atomic E-state index is 0. The van der Waals surface area contributed by atoms with Crippen molar-refractivity contribution in [3.05, 3.63) is 35.9 Å². The monoisotopic (exact) mass is 570 g/mol. The van der Waals surface area contributed by atoms with E-state index in [-0.39, 0.29) is 35.9 Å². The van der Waals surface area contributed by atoms with Crippen LogP contribution in [0.4, 0.5) is 0 Å². The molecule has 33 heavy (non-hydrogen) atoms. The average Bonchev–Trinajstić information content (AvgIpc) is 3.26. The molecule has 1 amide bonds. The number of amides is 1. The lowest BCUT2D eigenvalue weighted by Crippen LogP contribution is -2.48. The molecule has 0 radical (unpaired) electrons. The van der Waals surface area contributed by atoms with E-state index >= 15 is 0 Å². The second kappa shape index (κ2) is 14.8. The normalized spacial score (nSPS) is 20.3. The molecule has 2 fully saturated rings. The Morgan fingerprint density at radius 3 is 2.52 bits per heavy atom. The number of nitrogens with one attached hydrogen (secondary N) is 2. The summed E-state index contributed by atoms with van der Waals surface area (Å²) in [6, 6.07) is 11.3. The number of likely N-dealkylation sites (tertiary alicyclic amines) is 2. The van der Waals surface area contributed by atoms with Crippen LogP contribution < -0.4 is 10.6 Å². The average molecular weight is 571 g/mol. The van der Waals surface area contributed by atoms with Gasteiger partial charge in [-0.25, -0.2) is 0 Å². The number of aliphatic imine (C=N–C) groups is 1. The first-order valence-corrected chi connectivity index (χ1v) is 12.3. The lowest BCUT2D eigenvalue weighted by molar-refractivity contribution is -0.133. The number of carbonyl (C=O) groups is 1. The molecule has 0 aromatic heterocycles. The fourth-order valence-corrected chi connectivity index (χ4v) is 4.73. The van der Waals surface area contributed by atoms with Crippen LogP contribution in [-0.2, 0) is 11.3 Å². The zero-order chi connectivity index (χ0) is 22.8. The third kappa shape index (κ3) is 9.05. The van der Waals surface area contributed by atoms with Crippen LogP contribution in [-0.4, -0.2) is 92.0 Å². The fraction of sp³-hybridized carbons (Fsp3) is 0.680. The highest BCUT2D eigenvalue weighted by Gasteiger charge is 2.31. The summed E-state index contributed by atoms with van der Waals surface area (Å²) >= 11 is 0. The molecule has 8 heteroatoms. The number of piperidine rings is 1. The van der Waals surface area contributed by atoms with Gasteiger partial charge in [-0.1, -0.05) is 30.3 Å². The summed E-state index contributed by atoms with van der Waals surface area (Å²) in [5.74, 6) is 1.16. The highest BCUT2D eigenvalue weighted by Crippen LogP contribution is 2.19. The molecular weight excluding hydrogens is 527 g/mol. The number of guanidine groups is 1. The Morgan fingerprint density at radius 1 is 1.12 bits per heavy atom. The quantitative estimate of drug-likeness (QED) is 0.207. The Morgan fingerprint density at radius 2 is 1.85 bits per heavy atom. The molecule has 7 nitrogen and oxygen atoms in total. The van der Waals surface area contributed by atoms with E-state index in [4.69, 9.17) is 4.99 Å². The fourth-order valence-electron chi connectivity index (χ4n) is 4.73. The molecule has 2 aliphatic rings. The zero-order valence-electron chi connectivity index (χ0n) is 20.6. The van der Waals surface area contributed by atoms with Gasteiger partial charge in [-0.15, -0.1) is 24.0 Å². The second-order valence-corrected chi connectivity index (χ2v) is 9.22. The van der Waals surface area contributed by atoms with Gasteiger partial charge in [0.25, 0.3) is 0 Å². The molecule has 1 unspecified atom stereocenters. The van der Waals surface area contributed by atoms with E-state index in [2.05, 4.69) is 57.7 Å². The molecule has 0 aliphatic carbocycles. The number of carbonyl (C=O) groups excluding carboxylic acids is 1. The molecule has 0 saturated carbocycles. The SMILES string of the molecule is CCNC(=NCCCN1CCCC1C(=O)N(C)C)NC1CCN(Cc2ccccc2)CC1.I. The predicted molar refractivity (Wildman–Crippen MR) is 147 cm³/mol. The van der Waals surface area contributed by atoms with Crippen molar-refractivity contribution in [1.29, 1.82) is 0 Å². The number of nitrogens with zero attached hydrogens (tertiary/aromatic N) is 4. The Kier molecular flexibility index (Phi) is 12.5. The van der Waals surface area contributed by atoms with Crippen LogP contribution in [0.15, 0.2) is 35.3 Å². The molecule has 2 heterocycles. The van der Waals surface area contributed by atoms with Gasteiger partial charge in [-0.2, -0.15) is 0 Å². The first-order chi connectivity index (χ1) is 15.6. The van der Waals surface area contributed by atoms with Crippen molar-refractivity contribution in [1.82, 2.24) is 25.3 Å². The number of rotatable bonds is 9. The van der Waals surface area contributed by atoms with Crippen LogP contribution >= 0.6 is 24.0 Å². The molecule has 2 saturated heterocycles. The van der Waals surface area contributed by atoms with E-state index in [1.165, 1.54) is 5.56 Å². The Bertz CT molecular complexity index is 721. The van der Waals surface area contributed by atoms with Gasteiger partial charge in [0.1, 0.15) is 0 Å². The van der Waals surface area contributed by atoms with Crippen molar-refractivity contribution in [2.75, 3.05) is 53.4 Å². The van der Waals surface area contributed by atoms with E-state index in [0.717, 1.165) is 83.9 Å². The Hall–Kier alpha value is -1.39. The van der Waals surface area contributed by atoms with Gasteiger partial charge in [0.05, 0.1) is 6.04 Å². The summed E-state index contributed by atoms with van der Waals surface area (Å²) in [6.45, 7) is 8.98. The molecule has 1 aromatic rings. The first-order valence-electron chi connectivity index (χ1n) is 12.3. The zero-order valence-corrected chi connectivity index (χ0v) is 23.0. The van der Waals surface area contributed by atoms with Gasteiger partial charge in [0.15, 0.2) is 5.96 Å². The summed E-state index contributed by atoms with van der Waals surface area (Å²) in [5.41, 5.74) is 1.39. The minimum Gasteiger partial charge on any atom is -0.357 e. The number of likely N-dealkylation sites (N-methyl/N-ethyl adjacent to an activating group) is 1. The molecule has 0 bridgehead atoms. The molecule has 1 aromatic carbocycles. The van der Waals surface area contributed by atoms with Crippen molar-refractivity contribution < 1.29 is 4.79 Å². The molecule has 3 rings (SSSR count). The Balaban J connectivity index is 0.00000385. The summed E-state index contributed by atoms with van der Waals surface area (Å²) in [5, 5.41) is 7.05. The van der Waals surface area contributed by atoms with E-state index in [0.29, 0.717) is 6.04 Å². The van der Waals surface area contributed by atoms with Crippen molar-refractivity contribution in [3.8, 4) is 0 Å². The van der Waals surface area contributed by atoms with Crippen molar-refractivity contribution in [3.63, 3.8) is 0 Å². The third-order valence-electron chi connectivity index (χ3n) is 6.48. The summed E-state index contributed by atoms with van der Waals surface area (Å²) in [7, 11) is 3.70. The number of hydrogen-bond donors (Lipinski definition) is 2. The van der Waals surface area contributed by atoms with Gasteiger partial charge in [-0.05, 0) is 51.1 Å². The topological polar surface area (TPSA) is 63.2 Å². The molecular formula is C25H43IN6O. The van der Waals surface area contributed by atoms with Crippen molar-refractivity contribution >= 4 is 35.8 Å². The van der Waals surface area contributed by atoms with E-state index < -0.39 is 0 Å². The molecule has 0 spiro atoms. The maximum absolute atomic E-state index is 12.4. The van der Waals surface area contributed by atoms with E-state index in [1.807, 2.05) is 14.1 Å². The van der Waals surface area contributed by atoms with Gasteiger partial charge in [0, 0.05) is 59.4 Å². The largest absolute Gasteiger partial charge is 0.357 e. The number of halogens is 1. The van der Waals surface area contributed by atoms with Crippen LogP contribution in [0.3, 0.4) is 0 Å². The Labute approximate surface area is 217 Å². The lowest BCUT2D eigenvalue weighted by Gasteiger charge is -2.33. The predicted octanol–water partition coefficient (Wildman–Crippen LogP) is 2.77. The van der Waals surface area contributed by atoms with Gasteiger partial charge in [0.2, 0.25) is 5.91 Å². The summed E-state index contributed by atoms with van der Waals surface area (Å²) < 4.78 is 0. The molecule has 2 N–H and O–H groups in total. The van der Waals surface area contributed by atoms with Crippen LogP contribution in [0.5, 0.6) is 0 Å². The van der Waals surface area contributed by atoms with Crippen LogP contribution in [0.2, 0.25) is 0 Å². The maximum atomic E-state index is 12.4. The second-order valence-electron chi connectivity index (χ2n) is 9.22. The summed E-state index contributed by atoms with van der Waals surface area (Å²) in [6.07, 6.45) is 5.34. The van der Waals surface area contributed by atoms with E-state index in [9.17, 15) is 4.79 Å². The molecule has 186 valence electrons. The van der Waals surface area contributed by atoms with Crippen molar-refractivity contribution in [2.24, 2.45) is 4.99 Å². The lowest BCUT2D eigenvalue weighted by atomic mass is 10.0. The number of hydrogen-bond acceptors (Lipinski definition) is 4. The van der Waals surface area contributed by atoms with Crippen LogP contribution in [0.25, 0.3) is 0 Å². The van der Waals surface area contributed by atoms with Crippen LogP contribution in [0, 0.1) is 0 Å². The standard InChI is InChI=1S/C25H42N6O.HI/c1-4-26-25(27-15-9-17-31-16-8-12-23(31)24(32)29(2)3)28-22-13-18-30(19-14-22)20-21-10-6-5-7-11-21;/h5-7,10-11,22-23H,4,8-9,12-20H2,1-3H3,(H2,26,27,28);1H. The van der Waals surface area contributed by atoms with E-state index in [1.54, 1.807) is 4.90 Å². The van der Waals surface area contributed by atoms with Gasteiger partial charge >= 0.3 is 0 Å². The third-order valence-corrected chi connectivity index (χ3v) is 6.48. The van der Waals surface area contributed by atoms with Gasteiger partial charge in [-0.3, -0.25) is 19.6 Å². The highest BCUT2D eigenvalue weighted by atomic mass is 127. The maximum Gasteiger partial charge on any atom is 0.239 e. The highest BCUT2D eigenvalue weighted by molar-refractivity contribution is 14.0. The molecule has 1 atom stereocenters. The summed E-state index contributed by atoms with van der Waals surface area (Å²) in [4.78, 5) is 23.8. The first kappa shape index (κ1) is 27.9. The number of benzene rings is 1. The smallest absolute Gasteiger partial charge is 0.239 e. The van der Waals surface area contributed by atoms with Crippen LogP contribution in [0.1, 0.15) is 44.6 Å². The van der Waals surface area contributed by atoms with Gasteiger partial charge < -0.3 is 15.5 Å².